The molecule has 0 spiro atoms. The average Bonchev–Trinajstić information content (AvgIpc) is 3.39. The molecule has 0 unspecified atom stereocenters. The monoisotopic (exact) mass is 369 g/mol. The Hall–Kier alpha value is -3.03. The number of carbonyl (C=O) groups excluding carboxylic acids is 2. The molecule has 8 nitrogen and oxygen atoms in total. The Bertz CT molecular complexity index is 889. The summed E-state index contributed by atoms with van der Waals surface area (Å²) in [6.45, 7) is 2.25. The van der Waals surface area contributed by atoms with Crippen LogP contribution in [0.4, 0.5) is 16.2 Å². The summed E-state index contributed by atoms with van der Waals surface area (Å²) in [7, 11) is 3.59. The van der Waals surface area contributed by atoms with Crippen LogP contribution in [0.2, 0.25) is 0 Å². The van der Waals surface area contributed by atoms with Gasteiger partial charge in [-0.1, -0.05) is 0 Å². The van der Waals surface area contributed by atoms with Crippen molar-refractivity contribution >= 4 is 23.3 Å². The number of urea groups is 1. The lowest BCUT2D eigenvalue weighted by atomic mass is 10.2. The van der Waals surface area contributed by atoms with Gasteiger partial charge in [0.25, 0.3) is 5.91 Å². The van der Waals surface area contributed by atoms with E-state index in [1.807, 2.05) is 18.1 Å². The van der Waals surface area contributed by atoms with Crippen molar-refractivity contribution in [3.05, 3.63) is 36.2 Å². The van der Waals surface area contributed by atoms with E-state index in [9.17, 15) is 9.59 Å². The predicted molar refractivity (Wildman–Crippen MR) is 101 cm³/mol. The highest BCUT2D eigenvalue weighted by molar-refractivity contribution is 6.00. The lowest BCUT2D eigenvalue weighted by molar-refractivity contribution is -0.125. The summed E-state index contributed by atoms with van der Waals surface area (Å²) in [6.07, 6.45) is 5.20. The number of aromatic nitrogens is 2. The highest BCUT2D eigenvalue weighted by atomic mass is 16.5. The molecule has 1 aliphatic carbocycles. The summed E-state index contributed by atoms with van der Waals surface area (Å²) in [4.78, 5) is 28.3. The van der Waals surface area contributed by atoms with E-state index in [4.69, 9.17) is 4.74 Å². The Morgan fingerprint density at radius 1 is 1.37 bits per heavy atom. The summed E-state index contributed by atoms with van der Waals surface area (Å²) < 4.78 is 7.42. The minimum atomic E-state index is -0.540. The van der Waals surface area contributed by atoms with Crippen molar-refractivity contribution in [3.8, 4) is 5.75 Å². The minimum Gasteiger partial charge on any atom is -0.479 e. The van der Waals surface area contributed by atoms with Gasteiger partial charge in [-0.25, -0.2) is 4.79 Å². The SMILES string of the molecule is C[C@H]1Oc2cc(NC(=O)N(Cc3cnn(C)c3)C3CC3)ccc2N(C)C1=O. The van der Waals surface area contributed by atoms with Crippen LogP contribution in [-0.2, 0) is 18.4 Å². The topological polar surface area (TPSA) is 79.7 Å². The molecule has 2 aliphatic rings. The largest absolute Gasteiger partial charge is 0.479 e. The molecule has 0 saturated heterocycles. The zero-order valence-electron chi connectivity index (χ0n) is 15.7. The Labute approximate surface area is 157 Å². The van der Waals surface area contributed by atoms with Crippen LogP contribution in [0.15, 0.2) is 30.6 Å². The molecule has 1 aromatic carbocycles. The van der Waals surface area contributed by atoms with Crippen molar-refractivity contribution in [3.63, 3.8) is 0 Å². The third kappa shape index (κ3) is 3.47. The molecule has 1 atom stereocenters. The van der Waals surface area contributed by atoms with E-state index in [0.29, 0.717) is 23.7 Å². The summed E-state index contributed by atoms with van der Waals surface area (Å²) in [5.41, 5.74) is 2.35. The van der Waals surface area contributed by atoms with Gasteiger partial charge >= 0.3 is 6.03 Å². The van der Waals surface area contributed by atoms with Gasteiger partial charge in [-0.05, 0) is 31.9 Å². The van der Waals surface area contributed by atoms with E-state index in [-0.39, 0.29) is 18.0 Å². The standard InChI is InChI=1S/C19H23N5O3/c1-12-18(25)23(3)16-7-4-14(8-17(16)27-12)21-19(26)24(15-5-6-15)11-13-9-20-22(2)10-13/h4,7-10,12,15H,5-6,11H2,1-3H3,(H,21,26)/t12-/m1/s1. The van der Waals surface area contributed by atoms with E-state index in [1.54, 1.807) is 47.9 Å². The quantitative estimate of drug-likeness (QED) is 0.897. The van der Waals surface area contributed by atoms with Crippen molar-refractivity contribution in [1.29, 1.82) is 0 Å². The number of benzene rings is 1. The molecule has 2 heterocycles. The highest BCUT2D eigenvalue weighted by Crippen LogP contribution is 2.36. The number of carbonyl (C=O) groups is 2. The third-order valence-corrected chi connectivity index (χ3v) is 4.91. The zero-order chi connectivity index (χ0) is 19.1. The first kappa shape index (κ1) is 17.4. The van der Waals surface area contributed by atoms with Crippen molar-refractivity contribution in [2.45, 2.75) is 38.5 Å². The number of nitrogens with one attached hydrogen (secondary N) is 1. The van der Waals surface area contributed by atoms with Crippen molar-refractivity contribution in [2.75, 3.05) is 17.3 Å². The van der Waals surface area contributed by atoms with Crippen molar-refractivity contribution in [1.82, 2.24) is 14.7 Å². The first-order chi connectivity index (χ1) is 12.9. The number of fused-ring (bicyclic) bond motifs is 1. The Morgan fingerprint density at radius 2 is 2.15 bits per heavy atom. The molecule has 0 bridgehead atoms. The Morgan fingerprint density at radius 3 is 2.81 bits per heavy atom. The second-order valence-corrected chi connectivity index (χ2v) is 7.15. The predicted octanol–water partition coefficient (Wildman–Crippen LogP) is 2.36. The van der Waals surface area contributed by atoms with Crippen molar-refractivity contribution in [2.24, 2.45) is 7.05 Å². The number of hydrogen-bond acceptors (Lipinski definition) is 4. The summed E-state index contributed by atoms with van der Waals surface area (Å²) in [5, 5.41) is 7.13. The van der Waals surface area contributed by atoms with Crippen LogP contribution in [0.5, 0.6) is 5.75 Å². The molecule has 1 N–H and O–H groups in total. The van der Waals surface area contributed by atoms with Gasteiger partial charge < -0.3 is 19.9 Å². The molecule has 1 saturated carbocycles. The first-order valence-corrected chi connectivity index (χ1v) is 9.06. The maximum atomic E-state index is 12.8. The van der Waals surface area contributed by atoms with E-state index >= 15 is 0 Å². The first-order valence-electron chi connectivity index (χ1n) is 9.06. The molecule has 0 radical (unpaired) electrons. The number of amides is 3. The van der Waals surface area contributed by atoms with Gasteiger partial charge in [-0.3, -0.25) is 9.48 Å². The van der Waals surface area contributed by atoms with Gasteiger partial charge in [-0.2, -0.15) is 5.10 Å². The fourth-order valence-corrected chi connectivity index (χ4v) is 3.29. The molecule has 4 rings (SSSR count). The fraction of sp³-hybridized carbons (Fsp3) is 0.421. The summed E-state index contributed by atoms with van der Waals surface area (Å²) in [6, 6.07) is 5.46. The van der Waals surface area contributed by atoms with Crippen LogP contribution in [0, 0.1) is 0 Å². The molecule has 8 heteroatoms. The maximum Gasteiger partial charge on any atom is 0.322 e. The third-order valence-electron chi connectivity index (χ3n) is 4.91. The number of nitrogens with zero attached hydrogens (tertiary/aromatic N) is 4. The number of anilines is 2. The van der Waals surface area contributed by atoms with Gasteiger partial charge in [0.1, 0.15) is 5.75 Å². The van der Waals surface area contributed by atoms with E-state index < -0.39 is 6.10 Å². The maximum absolute atomic E-state index is 12.8. The second-order valence-electron chi connectivity index (χ2n) is 7.15. The minimum absolute atomic E-state index is 0.0873. The smallest absolute Gasteiger partial charge is 0.322 e. The molecule has 27 heavy (non-hydrogen) atoms. The van der Waals surface area contributed by atoms with Gasteiger partial charge in [-0.15, -0.1) is 0 Å². The molecular weight excluding hydrogens is 346 g/mol. The molecule has 3 amide bonds. The number of ether oxygens (including phenoxy) is 1. The molecule has 1 aromatic heterocycles. The highest BCUT2D eigenvalue weighted by Gasteiger charge is 2.33. The number of aryl methyl sites for hydroxylation is 1. The second kappa shape index (κ2) is 6.61. The van der Waals surface area contributed by atoms with Gasteiger partial charge in [0, 0.05) is 43.7 Å². The van der Waals surface area contributed by atoms with E-state index in [2.05, 4.69) is 10.4 Å². The van der Waals surface area contributed by atoms with Gasteiger partial charge in [0.2, 0.25) is 0 Å². The summed E-state index contributed by atoms with van der Waals surface area (Å²) >= 11 is 0. The van der Waals surface area contributed by atoms with E-state index in [0.717, 1.165) is 18.4 Å². The number of likely N-dealkylation sites (N-methyl/N-ethyl adjacent to an activating group) is 1. The van der Waals surface area contributed by atoms with E-state index in [1.165, 1.54) is 0 Å². The average molecular weight is 369 g/mol. The van der Waals surface area contributed by atoms with Crippen LogP contribution in [-0.4, -0.2) is 45.8 Å². The van der Waals surface area contributed by atoms with Gasteiger partial charge in [0.05, 0.1) is 18.4 Å². The van der Waals surface area contributed by atoms with Crippen LogP contribution in [0.3, 0.4) is 0 Å². The summed E-state index contributed by atoms with van der Waals surface area (Å²) in [5.74, 6) is 0.503. The lowest BCUT2D eigenvalue weighted by Gasteiger charge is -2.30. The molecule has 142 valence electrons. The number of hydrogen-bond donors (Lipinski definition) is 1. The Kier molecular flexibility index (Phi) is 4.25. The fourth-order valence-electron chi connectivity index (χ4n) is 3.29. The van der Waals surface area contributed by atoms with Crippen LogP contribution < -0.4 is 15.0 Å². The van der Waals surface area contributed by atoms with Crippen molar-refractivity contribution < 1.29 is 14.3 Å². The molecule has 1 aliphatic heterocycles. The van der Waals surface area contributed by atoms with Crippen LogP contribution in [0.1, 0.15) is 25.3 Å². The normalized spacial score (nSPS) is 18.7. The van der Waals surface area contributed by atoms with Gasteiger partial charge in [0.15, 0.2) is 6.10 Å². The van der Waals surface area contributed by atoms with Crippen LogP contribution >= 0.6 is 0 Å². The number of rotatable bonds is 4. The molecule has 2 aromatic rings. The zero-order valence-corrected chi connectivity index (χ0v) is 15.7. The molecule has 1 fully saturated rings. The Balaban J connectivity index is 1.50. The lowest BCUT2D eigenvalue weighted by Crippen LogP contribution is -2.42. The molecular formula is C19H23N5O3. The van der Waals surface area contributed by atoms with Crippen LogP contribution in [0.25, 0.3) is 0 Å².